The first-order valence-electron chi connectivity index (χ1n) is 12.7. The zero-order valence-corrected chi connectivity index (χ0v) is 21.4. The van der Waals surface area contributed by atoms with Crippen molar-refractivity contribution >= 4 is 20.9 Å². The van der Waals surface area contributed by atoms with Crippen LogP contribution < -0.4 is 0 Å². The van der Waals surface area contributed by atoms with Gasteiger partial charge in [-0.2, -0.15) is 0 Å². The zero-order chi connectivity index (χ0) is 26.1. The lowest BCUT2D eigenvalue weighted by Gasteiger charge is -2.43. The second-order valence-corrected chi connectivity index (χ2v) is 11.3. The van der Waals surface area contributed by atoms with E-state index in [9.17, 15) is 13.5 Å². The number of aromatic nitrogens is 1. The molecule has 2 saturated heterocycles. The number of nitrogens with zero attached hydrogens (tertiary/aromatic N) is 1. The molecule has 4 aromatic rings. The highest BCUT2D eigenvalue weighted by molar-refractivity contribution is 7.90. The van der Waals surface area contributed by atoms with Crippen molar-refractivity contribution in [2.75, 3.05) is 13.2 Å². The van der Waals surface area contributed by atoms with Gasteiger partial charge in [-0.1, -0.05) is 66.7 Å². The van der Waals surface area contributed by atoms with E-state index in [4.69, 9.17) is 18.9 Å². The second kappa shape index (κ2) is 10.6. The fourth-order valence-electron chi connectivity index (χ4n) is 5.06. The smallest absolute Gasteiger partial charge is 0.268 e. The van der Waals surface area contributed by atoms with Crippen molar-refractivity contribution in [1.29, 1.82) is 0 Å². The topological polar surface area (TPSA) is 96.2 Å². The molecular weight excluding hydrogens is 506 g/mol. The Morgan fingerprint density at radius 3 is 2.39 bits per heavy atom. The Bertz CT molecular complexity index is 1490. The van der Waals surface area contributed by atoms with Gasteiger partial charge in [0.25, 0.3) is 10.0 Å². The van der Waals surface area contributed by atoms with Crippen molar-refractivity contribution < 1.29 is 32.5 Å². The molecule has 8 nitrogen and oxygen atoms in total. The van der Waals surface area contributed by atoms with Crippen molar-refractivity contribution in [3.63, 3.8) is 0 Å². The summed E-state index contributed by atoms with van der Waals surface area (Å²) in [5.41, 5.74) is 2.36. The minimum atomic E-state index is -3.75. The number of hydrogen-bond donors (Lipinski definition) is 1. The first kappa shape index (κ1) is 25.2. The number of hydrogen-bond acceptors (Lipinski definition) is 7. The van der Waals surface area contributed by atoms with E-state index in [0.717, 1.165) is 16.5 Å². The molecule has 3 aromatic carbocycles. The van der Waals surface area contributed by atoms with Gasteiger partial charge in [0, 0.05) is 23.6 Å². The molecule has 1 aromatic heterocycles. The number of aliphatic hydroxyl groups is 1. The van der Waals surface area contributed by atoms with E-state index < -0.39 is 28.7 Å². The van der Waals surface area contributed by atoms with E-state index >= 15 is 0 Å². The van der Waals surface area contributed by atoms with Gasteiger partial charge in [0.15, 0.2) is 12.6 Å². The van der Waals surface area contributed by atoms with Crippen molar-refractivity contribution in [1.82, 2.24) is 3.97 Å². The lowest BCUT2D eigenvalue weighted by atomic mass is 10.0. The summed E-state index contributed by atoms with van der Waals surface area (Å²) in [6, 6.07) is 25.4. The molecule has 0 bridgehead atoms. The molecule has 0 radical (unpaired) electrons. The summed E-state index contributed by atoms with van der Waals surface area (Å²) < 4.78 is 51.9. The first-order chi connectivity index (χ1) is 18.5. The summed E-state index contributed by atoms with van der Waals surface area (Å²) in [5, 5.41) is 11.6. The maximum Gasteiger partial charge on any atom is 0.268 e. The molecule has 0 aliphatic carbocycles. The van der Waals surface area contributed by atoms with Crippen LogP contribution in [0.25, 0.3) is 10.9 Å². The third kappa shape index (κ3) is 4.89. The van der Waals surface area contributed by atoms with Gasteiger partial charge in [-0.3, -0.25) is 0 Å². The number of aliphatic hydroxyl groups excluding tert-OH is 1. The zero-order valence-electron chi connectivity index (χ0n) is 20.6. The molecule has 1 unspecified atom stereocenters. The average molecular weight is 536 g/mol. The molecule has 38 heavy (non-hydrogen) atoms. The van der Waals surface area contributed by atoms with E-state index in [1.165, 1.54) is 3.97 Å². The molecule has 198 valence electrons. The maximum absolute atomic E-state index is 13.3. The lowest BCUT2D eigenvalue weighted by Crippen LogP contribution is -2.53. The highest BCUT2D eigenvalue weighted by Crippen LogP contribution is 2.34. The van der Waals surface area contributed by atoms with Crippen molar-refractivity contribution in [3.05, 3.63) is 102 Å². The molecule has 0 saturated carbocycles. The van der Waals surface area contributed by atoms with E-state index in [0.29, 0.717) is 25.0 Å². The van der Waals surface area contributed by atoms with Gasteiger partial charge in [-0.05, 0) is 30.2 Å². The standard InChI is InChI=1S/C29H29NO7S/c31-25-17-26-27(19-35-28(36-26)20-9-3-1-4-10-20)37-29(25)34-16-15-21-18-30(24-14-8-7-13-23(21)24)38(32,33)22-11-5-2-6-12-22/h1-14,18,25-29,31H,15-17,19H2/t25-,26-,27-,28?,29-/m1/s1. The Morgan fingerprint density at radius 1 is 0.895 bits per heavy atom. The summed E-state index contributed by atoms with van der Waals surface area (Å²) in [7, 11) is -3.75. The monoisotopic (exact) mass is 535 g/mol. The fraction of sp³-hybridized carbons (Fsp3) is 0.310. The van der Waals surface area contributed by atoms with Crippen LogP contribution in [-0.4, -0.2) is 55.3 Å². The average Bonchev–Trinajstić information content (AvgIpc) is 3.33. The molecule has 5 atom stereocenters. The molecule has 6 rings (SSSR count). The minimum absolute atomic E-state index is 0.225. The predicted molar refractivity (Wildman–Crippen MR) is 140 cm³/mol. The van der Waals surface area contributed by atoms with Crippen LogP contribution in [0.15, 0.2) is 96.0 Å². The van der Waals surface area contributed by atoms with Gasteiger partial charge >= 0.3 is 0 Å². The van der Waals surface area contributed by atoms with Crippen LogP contribution in [0.1, 0.15) is 23.8 Å². The number of benzene rings is 3. The second-order valence-electron chi connectivity index (χ2n) is 9.50. The Balaban J connectivity index is 1.12. The largest absolute Gasteiger partial charge is 0.388 e. The van der Waals surface area contributed by atoms with Gasteiger partial charge in [-0.25, -0.2) is 12.4 Å². The predicted octanol–water partition coefficient (Wildman–Crippen LogP) is 4.03. The molecule has 9 heteroatoms. The van der Waals surface area contributed by atoms with Crippen molar-refractivity contribution in [2.45, 2.75) is 48.6 Å². The lowest BCUT2D eigenvalue weighted by molar-refractivity contribution is -0.336. The van der Waals surface area contributed by atoms with Crippen molar-refractivity contribution in [3.8, 4) is 0 Å². The molecule has 2 aliphatic heterocycles. The first-order valence-corrected chi connectivity index (χ1v) is 14.1. The molecule has 1 N–H and O–H groups in total. The highest BCUT2D eigenvalue weighted by atomic mass is 32.2. The molecule has 3 heterocycles. The summed E-state index contributed by atoms with van der Waals surface area (Å²) >= 11 is 0. The highest BCUT2D eigenvalue weighted by Gasteiger charge is 2.43. The number of para-hydroxylation sites is 1. The van der Waals surface area contributed by atoms with Crippen LogP contribution in [0.4, 0.5) is 0 Å². The number of ether oxygens (including phenoxy) is 4. The van der Waals surface area contributed by atoms with Crippen LogP contribution in [0, 0.1) is 0 Å². The van der Waals surface area contributed by atoms with Crippen LogP contribution in [0.2, 0.25) is 0 Å². The third-order valence-electron chi connectivity index (χ3n) is 7.01. The van der Waals surface area contributed by atoms with E-state index in [1.807, 2.05) is 48.5 Å². The van der Waals surface area contributed by atoms with Gasteiger partial charge in [0.2, 0.25) is 0 Å². The normalized spacial score (nSPS) is 25.8. The quantitative estimate of drug-likeness (QED) is 0.382. The van der Waals surface area contributed by atoms with E-state index in [2.05, 4.69) is 0 Å². The number of rotatable bonds is 7. The van der Waals surface area contributed by atoms with Crippen LogP contribution in [0.5, 0.6) is 0 Å². The molecule has 2 fully saturated rings. The molecule has 2 aliphatic rings. The Labute approximate surface area is 221 Å². The summed E-state index contributed by atoms with van der Waals surface area (Å²) in [5.74, 6) is 0. The van der Waals surface area contributed by atoms with E-state index in [-0.39, 0.29) is 23.7 Å². The maximum atomic E-state index is 13.3. The molecule has 0 amide bonds. The van der Waals surface area contributed by atoms with Crippen LogP contribution in [-0.2, 0) is 35.4 Å². The summed E-state index contributed by atoms with van der Waals surface area (Å²) in [6.45, 7) is 0.578. The molecular formula is C29H29NO7S. The van der Waals surface area contributed by atoms with Gasteiger partial charge in [0.1, 0.15) is 12.2 Å². The van der Waals surface area contributed by atoms with Gasteiger partial charge in [-0.15, -0.1) is 0 Å². The SMILES string of the molecule is O=S(=O)(c1ccccc1)n1cc(CCO[C@@H]2O[C@@H]3COC(c4ccccc4)O[C@@H]3C[C@H]2O)c2ccccc21. The number of fused-ring (bicyclic) bond motifs is 2. The summed E-state index contributed by atoms with van der Waals surface area (Å²) in [4.78, 5) is 0.225. The third-order valence-corrected chi connectivity index (χ3v) is 8.70. The fourth-order valence-corrected chi connectivity index (χ4v) is 6.48. The Morgan fingerprint density at radius 2 is 1.61 bits per heavy atom. The minimum Gasteiger partial charge on any atom is -0.388 e. The summed E-state index contributed by atoms with van der Waals surface area (Å²) in [6.07, 6.45) is -0.347. The Hall–Kier alpha value is -3.05. The van der Waals surface area contributed by atoms with Crippen LogP contribution >= 0.6 is 0 Å². The van der Waals surface area contributed by atoms with Gasteiger partial charge in [0.05, 0.1) is 29.7 Å². The van der Waals surface area contributed by atoms with E-state index in [1.54, 1.807) is 42.6 Å². The molecule has 0 spiro atoms. The van der Waals surface area contributed by atoms with Crippen LogP contribution in [0.3, 0.4) is 0 Å². The van der Waals surface area contributed by atoms with Crippen molar-refractivity contribution in [2.24, 2.45) is 0 Å². The Kier molecular flexibility index (Phi) is 7.05. The van der Waals surface area contributed by atoms with Gasteiger partial charge < -0.3 is 24.1 Å².